The van der Waals surface area contributed by atoms with Crippen LogP contribution in [0.3, 0.4) is 0 Å². The quantitative estimate of drug-likeness (QED) is 0.681. The van der Waals surface area contributed by atoms with Crippen molar-refractivity contribution in [1.29, 1.82) is 0 Å². The highest BCUT2D eigenvalue weighted by Crippen LogP contribution is 2.26. The molecule has 0 radical (unpaired) electrons. The van der Waals surface area contributed by atoms with Gasteiger partial charge in [-0.05, 0) is 30.7 Å². The first-order valence-electron chi connectivity index (χ1n) is 5.52. The Morgan fingerprint density at radius 2 is 2.11 bits per heavy atom. The van der Waals surface area contributed by atoms with Crippen molar-refractivity contribution in [1.82, 2.24) is 5.32 Å². The number of hydrogen-bond donors (Lipinski definition) is 1. The predicted molar refractivity (Wildman–Crippen MR) is 78.9 cm³/mol. The van der Waals surface area contributed by atoms with Crippen LogP contribution in [0.1, 0.15) is 12.5 Å². The second kappa shape index (κ2) is 5.99. The van der Waals surface area contributed by atoms with Gasteiger partial charge >= 0.3 is 0 Å². The summed E-state index contributed by atoms with van der Waals surface area (Å²) in [6, 6.07) is 7.14. The van der Waals surface area contributed by atoms with E-state index < -0.39 is 0 Å². The first-order valence-corrected chi connectivity index (χ1v) is 6.74. The SMILES string of the molecule is CC(=O)COc1ccc(C=C2SC(=S)NC2=O)cc1. The molecule has 0 atom stereocenters. The minimum atomic E-state index is -0.174. The summed E-state index contributed by atoms with van der Waals surface area (Å²) in [6.45, 7) is 1.53. The van der Waals surface area contributed by atoms with E-state index in [1.807, 2.05) is 12.1 Å². The Bertz CT molecular complexity index is 564. The van der Waals surface area contributed by atoms with Crippen molar-refractivity contribution >= 4 is 46.1 Å². The lowest BCUT2D eigenvalue weighted by Gasteiger charge is -2.03. The van der Waals surface area contributed by atoms with Crippen LogP contribution in [-0.4, -0.2) is 22.6 Å². The van der Waals surface area contributed by atoms with Gasteiger partial charge in [0.2, 0.25) is 0 Å². The maximum absolute atomic E-state index is 11.5. The van der Waals surface area contributed by atoms with E-state index in [1.165, 1.54) is 18.7 Å². The lowest BCUT2D eigenvalue weighted by atomic mass is 10.2. The number of thioether (sulfide) groups is 1. The van der Waals surface area contributed by atoms with Crippen LogP contribution in [0.2, 0.25) is 0 Å². The zero-order chi connectivity index (χ0) is 13.8. The molecule has 1 aromatic carbocycles. The number of thiocarbonyl (C=S) groups is 1. The molecular weight excluding hydrogens is 282 g/mol. The number of rotatable bonds is 4. The number of benzene rings is 1. The molecule has 0 aromatic heterocycles. The first-order chi connectivity index (χ1) is 9.04. The summed E-state index contributed by atoms with van der Waals surface area (Å²) in [5.41, 5.74) is 0.873. The van der Waals surface area contributed by atoms with Crippen LogP contribution in [0.15, 0.2) is 29.2 Å². The summed E-state index contributed by atoms with van der Waals surface area (Å²) in [7, 11) is 0. The topological polar surface area (TPSA) is 55.4 Å². The number of Topliss-reactive ketones (excluding diaryl/α,β-unsaturated/α-hetero) is 1. The molecule has 98 valence electrons. The normalized spacial score (nSPS) is 16.6. The summed E-state index contributed by atoms with van der Waals surface area (Å²) < 4.78 is 5.73. The van der Waals surface area contributed by atoms with Gasteiger partial charge in [0.15, 0.2) is 5.78 Å². The van der Waals surface area contributed by atoms with E-state index in [-0.39, 0.29) is 18.3 Å². The van der Waals surface area contributed by atoms with E-state index in [2.05, 4.69) is 5.32 Å². The molecule has 1 aliphatic rings. The first kappa shape index (κ1) is 13.8. The number of ether oxygens (including phenoxy) is 1. The average molecular weight is 293 g/mol. The van der Waals surface area contributed by atoms with Gasteiger partial charge in [0.25, 0.3) is 5.91 Å². The molecule has 1 aromatic rings. The lowest BCUT2D eigenvalue weighted by Crippen LogP contribution is -2.17. The number of hydrogen-bond acceptors (Lipinski definition) is 5. The molecular formula is C13H11NO3S2. The lowest BCUT2D eigenvalue weighted by molar-refractivity contribution is -0.119. The molecule has 1 aliphatic heterocycles. The van der Waals surface area contributed by atoms with Crippen LogP contribution < -0.4 is 10.1 Å². The Balaban J connectivity index is 2.06. The number of ketones is 1. The highest BCUT2D eigenvalue weighted by atomic mass is 32.2. The Morgan fingerprint density at radius 3 is 2.63 bits per heavy atom. The number of nitrogens with one attached hydrogen (secondary N) is 1. The second-order valence-corrected chi connectivity index (χ2v) is 5.63. The van der Waals surface area contributed by atoms with Gasteiger partial charge in [-0.3, -0.25) is 9.59 Å². The highest BCUT2D eigenvalue weighted by Gasteiger charge is 2.21. The molecule has 0 unspecified atom stereocenters. The smallest absolute Gasteiger partial charge is 0.263 e. The maximum atomic E-state index is 11.5. The number of carbonyl (C=O) groups excluding carboxylic acids is 2. The number of amides is 1. The largest absolute Gasteiger partial charge is 0.486 e. The van der Waals surface area contributed by atoms with Crippen LogP contribution in [0.4, 0.5) is 0 Å². The van der Waals surface area contributed by atoms with Crippen molar-refractivity contribution in [3.8, 4) is 5.75 Å². The van der Waals surface area contributed by atoms with Gasteiger partial charge in [-0.15, -0.1) is 0 Å². The molecule has 0 spiro atoms. The molecule has 1 N–H and O–H groups in total. The van der Waals surface area contributed by atoms with Gasteiger partial charge in [0.1, 0.15) is 16.7 Å². The van der Waals surface area contributed by atoms with Gasteiger partial charge in [-0.25, -0.2) is 0 Å². The van der Waals surface area contributed by atoms with Crippen molar-refractivity contribution in [3.63, 3.8) is 0 Å². The molecule has 4 nitrogen and oxygen atoms in total. The predicted octanol–water partition coefficient (Wildman–Crippen LogP) is 2.14. The van der Waals surface area contributed by atoms with Gasteiger partial charge in [-0.1, -0.05) is 36.1 Å². The van der Waals surface area contributed by atoms with Gasteiger partial charge in [-0.2, -0.15) is 0 Å². The minimum absolute atomic E-state index is 0.0290. The summed E-state index contributed by atoms with van der Waals surface area (Å²) in [5.74, 6) is 0.419. The molecule has 1 heterocycles. The molecule has 6 heteroatoms. The summed E-state index contributed by atoms with van der Waals surface area (Å²) in [5, 5.41) is 2.56. The van der Waals surface area contributed by atoms with Gasteiger partial charge in [0, 0.05) is 0 Å². The fourth-order valence-corrected chi connectivity index (χ4v) is 2.46. The van der Waals surface area contributed by atoms with E-state index in [9.17, 15) is 9.59 Å². The zero-order valence-corrected chi connectivity index (χ0v) is 11.8. The maximum Gasteiger partial charge on any atom is 0.263 e. The Kier molecular flexibility index (Phi) is 4.34. The molecule has 1 saturated heterocycles. The zero-order valence-electron chi connectivity index (χ0n) is 10.1. The van der Waals surface area contributed by atoms with Gasteiger partial charge < -0.3 is 10.1 Å². The molecule has 1 amide bonds. The third-order valence-electron chi connectivity index (χ3n) is 2.26. The molecule has 2 rings (SSSR count). The summed E-state index contributed by atoms with van der Waals surface area (Å²) in [6.07, 6.45) is 1.76. The molecule has 0 aliphatic carbocycles. The van der Waals surface area contributed by atoms with Crippen LogP contribution >= 0.6 is 24.0 Å². The fraction of sp³-hybridized carbons (Fsp3) is 0.154. The standard InChI is InChI=1S/C13H11NO3S2/c1-8(15)7-17-10-4-2-9(3-5-10)6-11-12(16)14-13(18)19-11/h2-6H,7H2,1H3,(H,14,16,18). The molecule has 0 saturated carbocycles. The van der Waals surface area contributed by atoms with E-state index >= 15 is 0 Å². The van der Waals surface area contributed by atoms with E-state index in [4.69, 9.17) is 17.0 Å². The minimum Gasteiger partial charge on any atom is -0.486 e. The monoisotopic (exact) mass is 293 g/mol. The molecule has 0 bridgehead atoms. The second-order valence-electron chi connectivity index (χ2n) is 3.91. The third-order valence-corrected chi connectivity index (χ3v) is 3.42. The third kappa shape index (κ3) is 3.90. The van der Waals surface area contributed by atoms with E-state index in [1.54, 1.807) is 18.2 Å². The highest BCUT2D eigenvalue weighted by molar-refractivity contribution is 8.26. The van der Waals surface area contributed by atoms with Crippen molar-refractivity contribution in [3.05, 3.63) is 34.7 Å². The molecule has 1 fully saturated rings. The summed E-state index contributed by atoms with van der Waals surface area (Å²) in [4.78, 5) is 22.8. The Labute approximate surface area is 120 Å². The van der Waals surface area contributed by atoms with Crippen molar-refractivity contribution < 1.29 is 14.3 Å². The number of carbonyl (C=O) groups is 2. The van der Waals surface area contributed by atoms with Crippen molar-refractivity contribution in [2.24, 2.45) is 0 Å². The van der Waals surface area contributed by atoms with Crippen molar-refractivity contribution in [2.75, 3.05) is 6.61 Å². The van der Waals surface area contributed by atoms with Crippen molar-refractivity contribution in [2.45, 2.75) is 6.92 Å². The Hall–Kier alpha value is -1.66. The summed E-state index contributed by atoms with van der Waals surface area (Å²) >= 11 is 6.15. The average Bonchev–Trinajstić information content (AvgIpc) is 2.67. The molecule has 19 heavy (non-hydrogen) atoms. The van der Waals surface area contributed by atoms with Crippen LogP contribution in [-0.2, 0) is 9.59 Å². The Morgan fingerprint density at radius 1 is 1.42 bits per heavy atom. The van der Waals surface area contributed by atoms with Crippen LogP contribution in [0.25, 0.3) is 6.08 Å². The van der Waals surface area contributed by atoms with E-state index in [0.717, 1.165) is 5.56 Å². The van der Waals surface area contributed by atoms with E-state index in [0.29, 0.717) is 15.0 Å². The van der Waals surface area contributed by atoms with Crippen LogP contribution in [0.5, 0.6) is 5.75 Å². The van der Waals surface area contributed by atoms with Gasteiger partial charge in [0.05, 0.1) is 4.91 Å². The fourth-order valence-electron chi connectivity index (χ4n) is 1.42. The van der Waals surface area contributed by atoms with Crippen LogP contribution in [0, 0.1) is 0 Å².